The van der Waals surface area contributed by atoms with Crippen LogP contribution in [0.2, 0.25) is 5.02 Å². The highest BCUT2D eigenvalue weighted by molar-refractivity contribution is 7.13. The van der Waals surface area contributed by atoms with E-state index >= 15 is 0 Å². The molecule has 0 aliphatic rings. The maximum atomic E-state index is 11.3. The molecule has 0 amide bonds. The molecule has 0 saturated carbocycles. The molecule has 0 atom stereocenters. The van der Waals surface area contributed by atoms with Gasteiger partial charge < -0.3 is 5.11 Å². The van der Waals surface area contributed by atoms with Gasteiger partial charge in [-0.25, -0.2) is 9.48 Å². The molecular weight excluding hydrogens is 310 g/mol. The van der Waals surface area contributed by atoms with E-state index in [2.05, 4.69) is 10.3 Å². The second-order valence-electron chi connectivity index (χ2n) is 4.35. The van der Waals surface area contributed by atoms with Crippen LogP contribution >= 0.6 is 22.9 Å². The second-order valence-corrected chi connectivity index (χ2v) is 5.74. The lowest BCUT2D eigenvalue weighted by Crippen LogP contribution is -2.05. The molecular formula is C14H10ClN3O2S. The summed E-state index contributed by atoms with van der Waals surface area (Å²) in [5.41, 5.74) is 1.46. The first-order valence-corrected chi connectivity index (χ1v) is 7.36. The number of aromatic nitrogens is 3. The van der Waals surface area contributed by atoms with Crippen LogP contribution in [0.25, 0.3) is 10.6 Å². The fourth-order valence-electron chi connectivity index (χ4n) is 1.99. The lowest BCUT2D eigenvalue weighted by Gasteiger charge is -2.06. The molecule has 0 fully saturated rings. The number of hydrogen-bond donors (Lipinski definition) is 1. The average Bonchev–Trinajstić information content (AvgIpc) is 3.10. The summed E-state index contributed by atoms with van der Waals surface area (Å²) in [5, 5.41) is 19.5. The first-order chi connectivity index (χ1) is 10.1. The van der Waals surface area contributed by atoms with E-state index in [1.165, 1.54) is 11.3 Å². The number of rotatable bonds is 4. The molecule has 1 aromatic carbocycles. The molecule has 7 heteroatoms. The Morgan fingerprint density at radius 3 is 2.67 bits per heavy atom. The first kappa shape index (κ1) is 13.8. The summed E-state index contributed by atoms with van der Waals surface area (Å²) in [6, 6.07) is 11.1. The minimum Gasteiger partial charge on any atom is -0.476 e. The Kier molecular flexibility index (Phi) is 3.72. The van der Waals surface area contributed by atoms with E-state index in [1.54, 1.807) is 16.8 Å². The number of nitrogens with zero attached hydrogens (tertiary/aromatic N) is 3. The molecule has 21 heavy (non-hydrogen) atoms. The number of aromatic carboxylic acids is 1. The van der Waals surface area contributed by atoms with Gasteiger partial charge in [0.2, 0.25) is 0 Å². The van der Waals surface area contributed by atoms with Crippen LogP contribution in [0.1, 0.15) is 16.1 Å². The Morgan fingerprint density at radius 2 is 2.05 bits per heavy atom. The van der Waals surface area contributed by atoms with E-state index in [-0.39, 0.29) is 5.69 Å². The number of thiophene rings is 1. The van der Waals surface area contributed by atoms with E-state index in [1.807, 2.05) is 29.6 Å². The Balaban J connectivity index is 2.03. The zero-order chi connectivity index (χ0) is 14.8. The smallest absolute Gasteiger partial charge is 0.358 e. The van der Waals surface area contributed by atoms with Crippen molar-refractivity contribution in [3.05, 3.63) is 58.1 Å². The molecule has 3 rings (SSSR count). The predicted octanol–water partition coefficient (Wildman–Crippen LogP) is 3.41. The van der Waals surface area contributed by atoms with Crippen LogP contribution in [-0.4, -0.2) is 26.1 Å². The van der Waals surface area contributed by atoms with Crippen molar-refractivity contribution in [1.82, 2.24) is 15.0 Å². The number of hydrogen-bond acceptors (Lipinski definition) is 4. The summed E-state index contributed by atoms with van der Waals surface area (Å²) in [6.07, 6.45) is 0. The molecule has 1 N–H and O–H groups in total. The van der Waals surface area contributed by atoms with Gasteiger partial charge in [-0.1, -0.05) is 35.0 Å². The summed E-state index contributed by atoms with van der Waals surface area (Å²) < 4.78 is 1.60. The quantitative estimate of drug-likeness (QED) is 0.800. The molecule has 0 aliphatic carbocycles. The summed E-state index contributed by atoms with van der Waals surface area (Å²) >= 11 is 7.32. The molecule has 3 aromatic rings. The van der Waals surface area contributed by atoms with Crippen molar-refractivity contribution in [2.45, 2.75) is 6.54 Å². The first-order valence-electron chi connectivity index (χ1n) is 6.10. The van der Waals surface area contributed by atoms with Crippen molar-refractivity contribution in [1.29, 1.82) is 0 Å². The van der Waals surface area contributed by atoms with Gasteiger partial charge in [0.15, 0.2) is 5.69 Å². The Bertz CT molecular complexity index is 766. The summed E-state index contributed by atoms with van der Waals surface area (Å²) in [6.45, 7) is 0.435. The molecule has 0 unspecified atom stereocenters. The molecule has 0 radical (unpaired) electrons. The van der Waals surface area contributed by atoms with Gasteiger partial charge in [-0.05, 0) is 29.1 Å². The maximum Gasteiger partial charge on any atom is 0.358 e. The average molecular weight is 320 g/mol. The highest BCUT2D eigenvalue weighted by atomic mass is 35.5. The number of carboxylic acids is 1. The molecule has 0 aliphatic heterocycles. The van der Waals surface area contributed by atoms with Crippen molar-refractivity contribution in [3.8, 4) is 10.6 Å². The number of carboxylic acid groups (broad SMARTS) is 1. The Labute approximate surface area is 129 Å². The lowest BCUT2D eigenvalue weighted by molar-refractivity contribution is 0.0691. The summed E-state index contributed by atoms with van der Waals surface area (Å²) in [7, 11) is 0. The predicted molar refractivity (Wildman–Crippen MR) is 80.8 cm³/mol. The van der Waals surface area contributed by atoms with Crippen LogP contribution in [0.4, 0.5) is 0 Å². The fraction of sp³-hybridized carbons (Fsp3) is 0.0714. The standard InChI is InChI=1S/C14H10ClN3O2S/c15-10-5-3-9(4-6-10)8-18-13(11-2-1-7-21-11)12(14(19)20)16-17-18/h1-7H,8H2,(H,19,20). The minimum absolute atomic E-state index is 0.0357. The van der Waals surface area contributed by atoms with E-state index in [9.17, 15) is 9.90 Å². The molecule has 5 nitrogen and oxygen atoms in total. The van der Waals surface area contributed by atoms with Gasteiger partial charge in [0.05, 0.1) is 11.4 Å². The van der Waals surface area contributed by atoms with Crippen LogP contribution in [0.5, 0.6) is 0 Å². The molecule has 0 bridgehead atoms. The summed E-state index contributed by atoms with van der Waals surface area (Å²) in [4.78, 5) is 12.1. The highest BCUT2D eigenvalue weighted by Crippen LogP contribution is 2.27. The van der Waals surface area contributed by atoms with Crippen molar-refractivity contribution in [2.24, 2.45) is 0 Å². The van der Waals surface area contributed by atoms with Crippen molar-refractivity contribution in [2.75, 3.05) is 0 Å². The normalized spacial score (nSPS) is 10.7. The van der Waals surface area contributed by atoms with E-state index in [0.717, 1.165) is 10.4 Å². The van der Waals surface area contributed by atoms with Crippen LogP contribution in [0.3, 0.4) is 0 Å². The maximum absolute atomic E-state index is 11.3. The van der Waals surface area contributed by atoms with Gasteiger partial charge in [-0.3, -0.25) is 0 Å². The molecule has 106 valence electrons. The van der Waals surface area contributed by atoms with Crippen LogP contribution < -0.4 is 0 Å². The zero-order valence-corrected chi connectivity index (χ0v) is 12.3. The molecule has 0 saturated heterocycles. The van der Waals surface area contributed by atoms with Crippen molar-refractivity contribution >= 4 is 28.9 Å². The molecule has 2 heterocycles. The van der Waals surface area contributed by atoms with Gasteiger partial charge in [0.25, 0.3) is 0 Å². The summed E-state index contributed by atoms with van der Waals surface area (Å²) in [5.74, 6) is -1.08. The lowest BCUT2D eigenvalue weighted by atomic mass is 10.2. The van der Waals surface area contributed by atoms with Gasteiger partial charge in [0.1, 0.15) is 5.69 Å². The SMILES string of the molecule is O=C(O)c1nnn(Cc2ccc(Cl)cc2)c1-c1cccs1. The monoisotopic (exact) mass is 319 g/mol. The number of benzene rings is 1. The fourth-order valence-corrected chi connectivity index (χ4v) is 2.89. The van der Waals surface area contributed by atoms with E-state index in [0.29, 0.717) is 17.3 Å². The van der Waals surface area contributed by atoms with E-state index < -0.39 is 5.97 Å². The van der Waals surface area contributed by atoms with Crippen molar-refractivity contribution < 1.29 is 9.90 Å². The second kappa shape index (κ2) is 5.67. The number of carbonyl (C=O) groups is 1. The van der Waals surface area contributed by atoms with Gasteiger partial charge in [-0.15, -0.1) is 16.4 Å². The van der Waals surface area contributed by atoms with E-state index in [4.69, 9.17) is 11.6 Å². The largest absolute Gasteiger partial charge is 0.476 e. The Morgan fingerprint density at radius 1 is 1.29 bits per heavy atom. The molecule has 0 spiro atoms. The zero-order valence-electron chi connectivity index (χ0n) is 10.7. The van der Waals surface area contributed by atoms with Crippen LogP contribution in [0, 0.1) is 0 Å². The topological polar surface area (TPSA) is 68.0 Å². The van der Waals surface area contributed by atoms with Crippen LogP contribution in [0.15, 0.2) is 41.8 Å². The third-order valence-electron chi connectivity index (χ3n) is 2.94. The van der Waals surface area contributed by atoms with Gasteiger partial charge in [0, 0.05) is 5.02 Å². The Hall–Kier alpha value is -2.18. The third-order valence-corrected chi connectivity index (χ3v) is 4.07. The van der Waals surface area contributed by atoms with Crippen LogP contribution in [-0.2, 0) is 6.54 Å². The van der Waals surface area contributed by atoms with Gasteiger partial charge in [-0.2, -0.15) is 0 Å². The number of halogens is 1. The highest BCUT2D eigenvalue weighted by Gasteiger charge is 2.21. The third kappa shape index (κ3) is 2.81. The minimum atomic E-state index is -1.08. The molecule has 2 aromatic heterocycles. The van der Waals surface area contributed by atoms with Crippen molar-refractivity contribution in [3.63, 3.8) is 0 Å². The van der Waals surface area contributed by atoms with Gasteiger partial charge >= 0.3 is 5.97 Å².